The number of carbonyl (C=O) groups excluding carboxylic acids is 3. The largest absolute Gasteiger partial charge is 0.484 e. The molecule has 4 rings (SSSR count). The van der Waals surface area contributed by atoms with E-state index in [4.69, 9.17) is 16.3 Å². The zero-order chi connectivity index (χ0) is 25.5. The second-order valence-electron chi connectivity index (χ2n) is 9.41. The summed E-state index contributed by atoms with van der Waals surface area (Å²) in [6, 6.07) is 11.8. The molecular formula is C27H31ClFN3O4. The molecule has 2 aromatic rings. The van der Waals surface area contributed by atoms with Crippen molar-refractivity contribution in [3.05, 3.63) is 64.9 Å². The van der Waals surface area contributed by atoms with Crippen LogP contribution >= 0.6 is 11.6 Å². The van der Waals surface area contributed by atoms with Crippen LogP contribution in [0.4, 0.5) is 4.39 Å². The SMILES string of the molecule is O=C(N[C@@H]1CCCCC1NC(=O)C1CCCN(C(=O)COc2ccc(Cl)cc2)C1)c1ccc(F)cc1. The minimum absolute atomic E-state index is 0.0981. The van der Waals surface area contributed by atoms with Gasteiger partial charge >= 0.3 is 0 Å². The van der Waals surface area contributed by atoms with Crippen molar-refractivity contribution < 1.29 is 23.5 Å². The zero-order valence-corrected chi connectivity index (χ0v) is 20.8. The van der Waals surface area contributed by atoms with Gasteiger partial charge in [-0.1, -0.05) is 24.4 Å². The molecule has 2 aromatic carbocycles. The lowest BCUT2D eigenvalue weighted by atomic mass is 9.88. The van der Waals surface area contributed by atoms with Gasteiger partial charge in [0.05, 0.1) is 5.92 Å². The van der Waals surface area contributed by atoms with Gasteiger partial charge in [-0.15, -0.1) is 0 Å². The van der Waals surface area contributed by atoms with Gasteiger partial charge in [-0.3, -0.25) is 14.4 Å². The van der Waals surface area contributed by atoms with E-state index >= 15 is 0 Å². The highest BCUT2D eigenvalue weighted by Gasteiger charge is 2.33. The van der Waals surface area contributed by atoms with Crippen LogP contribution in [0, 0.1) is 11.7 Å². The molecule has 0 bridgehead atoms. The van der Waals surface area contributed by atoms with Gasteiger partial charge in [0.25, 0.3) is 11.8 Å². The normalized spacial score (nSPS) is 21.9. The Morgan fingerprint density at radius 1 is 0.917 bits per heavy atom. The molecule has 3 atom stereocenters. The summed E-state index contributed by atoms with van der Waals surface area (Å²) in [7, 11) is 0. The highest BCUT2D eigenvalue weighted by molar-refractivity contribution is 6.30. The van der Waals surface area contributed by atoms with E-state index in [1.807, 2.05) is 0 Å². The molecule has 36 heavy (non-hydrogen) atoms. The van der Waals surface area contributed by atoms with Crippen LogP contribution in [0.2, 0.25) is 5.02 Å². The van der Waals surface area contributed by atoms with E-state index in [1.165, 1.54) is 24.3 Å². The highest BCUT2D eigenvalue weighted by Crippen LogP contribution is 2.22. The summed E-state index contributed by atoms with van der Waals surface area (Å²) >= 11 is 5.88. The van der Waals surface area contributed by atoms with Crippen LogP contribution in [0.25, 0.3) is 0 Å². The lowest BCUT2D eigenvalue weighted by Crippen LogP contribution is -2.55. The van der Waals surface area contributed by atoms with Crippen LogP contribution in [0.1, 0.15) is 48.9 Å². The lowest BCUT2D eigenvalue weighted by molar-refractivity contribution is -0.137. The Morgan fingerprint density at radius 2 is 1.58 bits per heavy atom. The Kier molecular flexibility index (Phi) is 8.80. The molecular weight excluding hydrogens is 485 g/mol. The van der Waals surface area contributed by atoms with Crippen molar-refractivity contribution in [1.29, 1.82) is 0 Å². The number of carbonyl (C=O) groups is 3. The number of hydrogen-bond donors (Lipinski definition) is 2. The van der Waals surface area contributed by atoms with Gasteiger partial charge in [-0.2, -0.15) is 0 Å². The molecule has 1 saturated carbocycles. The topological polar surface area (TPSA) is 87.7 Å². The first-order valence-electron chi connectivity index (χ1n) is 12.4. The Labute approximate surface area is 215 Å². The average Bonchev–Trinajstić information content (AvgIpc) is 2.89. The minimum atomic E-state index is -0.397. The van der Waals surface area contributed by atoms with Crippen molar-refractivity contribution >= 4 is 29.3 Å². The number of rotatable bonds is 7. The molecule has 192 valence electrons. The summed E-state index contributed by atoms with van der Waals surface area (Å²) in [5, 5.41) is 6.73. The van der Waals surface area contributed by atoms with Crippen molar-refractivity contribution in [2.24, 2.45) is 5.92 Å². The third kappa shape index (κ3) is 6.97. The second kappa shape index (κ2) is 12.2. The molecule has 2 aliphatic rings. The first-order valence-corrected chi connectivity index (χ1v) is 12.8. The van der Waals surface area contributed by atoms with Crippen LogP contribution in [-0.2, 0) is 9.59 Å². The molecule has 7 nitrogen and oxygen atoms in total. The van der Waals surface area contributed by atoms with E-state index < -0.39 is 5.82 Å². The van der Waals surface area contributed by atoms with Crippen molar-refractivity contribution in [1.82, 2.24) is 15.5 Å². The summed E-state index contributed by atoms with van der Waals surface area (Å²) in [4.78, 5) is 40.2. The van der Waals surface area contributed by atoms with Gasteiger partial charge in [0.2, 0.25) is 5.91 Å². The predicted octanol–water partition coefficient (Wildman–Crippen LogP) is 3.95. The van der Waals surface area contributed by atoms with Crippen LogP contribution in [0.15, 0.2) is 48.5 Å². The van der Waals surface area contributed by atoms with E-state index in [2.05, 4.69) is 10.6 Å². The molecule has 1 aliphatic carbocycles. The summed E-state index contributed by atoms with van der Waals surface area (Å²) in [5.41, 5.74) is 0.384. The van der Waals surface area contributed by atoms with Crippen LogP contribution in [-0.4, -0.2) is 54.4 Å². The van der Waals surface area contributed by atoms with E-state index in [-0.39, 0.29) is 42.3 Å². The fourth-order valence-corrected chi connectivity index (χ4v) is 4.94. The first kappa shape index (κ1) is 25.9. The Hall–Kier alpha value is -3.13. The Bertz CT molecular complexity index is 1060. The first-order chi connectivity index (χ1) is 17.4. The minimum Gasteiger partial charge on any atom is -0.484 e. The number of nitrogens with zero attached hydrogens (tertiary/aromatic N) is 1. The van der Waals surface area contributed by atoms with Crippen LogP contribution < -0.4 is 15.4 Å². The maximum absolute atomic E-state index is 13.2. The van der Waals surface area contributed by atoms with Crippen molar-refractivity contribution in [2.45, 2.75) is 50.6 Å². The predicted molar refractivity (Wildman–Crippen MR) is 134 cm³/mol. The van der Waals surface area contributed by atoms with Gasteiger partial charge in [-0.05, 0) is 74.2 Å². The Morgan fingerprint density at radius 3 is 2.28 bits per heavy atom. The lowest BCUT2D eigenvalue weighted by Gasteiger charge is -2.36. The number of halogens is 2. The molecule has 0 radical (unpaired) electrons. The van der Waals surface area contributed by atoms with Crippen molar-refractivity contribution in [3.63, 3.8) is 0 Å². The average molecular weight is 516 g/mol. The summed E-state index contributed by atoms with van der Waals surface area (Å²) < 4.78 is 18.8. The molecule has 1 saturated heterocycles. The van der Waals surface area contributed by atoms with Gasteiger partial charge < -0.3 is 20.3 Å². The molecule has 2 unspecified atom stereocenters. The van der Waals surface area contributed by atoms with Gasteiger partial charge in [-0.25, -0.2) is 4.39 Å². The third-order valence-corrected chi connectivity index (χ3v) is 7.09. The molecule has 2 fully saturated rings. The van der Waals surface area contributed by atoms with Crippen LogP contribution in [0.5, 0.6) is 5.75 Å². The summed E-state index contributed by atoms with van der Waals surface area (Å²) in [6.07, 6.45) is 4.89. The molecule has 0 spiro atoms. The van der Waals surface area contributed by atoms with Crippen molar-refractivity contribution in [3.8, 4) is 5.75 Å². The van der Waals surface area contributed by atoms with Gasteiger partial charge in [0.15, 0.2) is 6.61 Å². The number of likely N-dealkylation sites (tertiary alicyclic amines) is 1. The molecule has 0 aromatic heterocycles. The second-order valence-corrected chi connectivity index (χ2v) is 9.84. The molecule has 1 heterocycles. The third-order valence-electron chi connectivity index (χ3n) is 6.84. The molecule has 9 heteroatoms. The maximum atomic E-state index is 13.2. The molecule has 1 aliphatic heterocycles. The summed E-state index contributed by atoms with van der Waals surface area (Å²) in [6.45, 7) is 0.830. The fourth-order valence-electron chi connectivity index (χ4n) is 4.81. The monoisotopic (exact) mass is 515 g/mol. The Balaban J connectivity index is 1.29. The zero-order valence-electron chi connectivity index (χ0n) is 20.1. The smallest absolute Gasteiger partial charge is 0.260 e. The number of amides is 3. The number of hydrogen-bond acceptors (Lipinski definition) is 4. The molecule has 3 amide bonds. The highest BCUT2D eigenvalue weighted by atomic mass is 35.5. The van der Waals surface area contributed by atoms with E-state index in [9.17, 15) is 18.8 Å². The van der Waals surface area contributed by atoms with E-state index in [0.29, 0.717) is 35.8 Å². The van der Waals surface area contributed by atoms with E-state index in [1.54, 1.807) is 29.2 Å². The van der Waals surface area contributed by atoms with Crippen LogP contribution in [0.3, 0.4) is 0 Å². The maximum Gasteiger partial charge on any atom is 0.260 e. The van der Waals surface area contributed by atoms with Gasteiger partial charge in [0, 0.05) is 35.8 Å². The number of piperidine rings is 1. The van der Waals surface area contributed by atoms with Crippen molar-refractivity contribution in [2.75, 3.05) is 19.7 Å². The summed E-state index contributed by atoms with van der Waals surface area (Å²) in [5.74, 6) is -0.690. The van der Waals surface area contributed by atoms with Gasteiger partial charge in [0.1, 0.15) is 11.6 Å². The number of ether oxygens (including phenoxy) is 1. The quantitative estimate of drug-likeness (QED) is 0.584. The van der Waals surface area contributed by atoms with E-state index in [0.717, 1.165) is 32.1 Å². The standard InChI is InChI=1S/C27H31ClFN3O4/c28-20-9-13-22(14-10-20)36-17-25(33)32-15-3-4-19(16-32)27(35)31-24-6-2-1-5-23(24)30-26(34)18-7-11-21(29)12-8-18/h7-14,19,23-24H,1-6,15-17H2,(H,30,34)(H,31,35)/t19?,23-,24?/m1/s1. The molecule has 2 N–H and O–H groups in total. The number of benzene rings is 2. The number of nitrogens with one attached hydrogen (secondary N) is 2. The fraction of sp³-hybridized carbons (Fsp3) is 0.444.